The number of rotatable bonds is 15. The Kier molecular flexibility index (Phi) is 21.2. The quantitative estimate of drug-likeness (QED) is 0.0432. The Hall–Kier alpha value is -7.58. The van der Waals surface area contributed by atoms with Gasteiger partial charge in [-0.2, -0.15) is 0 Å². The largest absolute Gasteiger partial charge is 0.481 e. The number of hydrogen-bond donors (Lipinski definition) is 9. The van der Waals surface area contributed by atoms with E-state index in [2.05, 4.69) is 31.9 Å². The molecule has 660 valence electrons. The van der Waals surface area contributed by atoms with Crippen molar-refractivity contribution >= 4 is 140 Å². The predicted molar refractivity (Wildman–Crippen MR) is 462 cm³/mol. The molecule has 18 aliphatic rings. The molecule has 6 spiro atoms. The van der Waals surface area contributed by atoms with Gasteiger partial charge < -0.3 is 31.3 Å². The van der Waals surface area contributed by atoms with Crippen molar-refractivity contribution in [2.75, 3.05) is 16.0 Å². The van der Waals surface area contributed by atoms with Crippen LogP contribution in [0.4, 0.5) is 39.0 Å². The molecule has 12 aliphatic carbocycles. The number of aliphatic carboxylic acids is 3. The number of anilines is 3. The van der Waals surface area contributed by atoms with Crippen LogP contribution in [0.1, 0.15) is 257 Å². The van der Waals surface area contributed by atoms with Gasteiger partial charge in [-0.05, 0) is 239 Å². The van der Waals surface area contributed by atoms with Crippen LogP contribution in [-0.2, 0) is 59.4 Å². The topological polar surface area (TPSA) is 286 Å². The Morgan fingerprint density at radius 1 is 0.344 bits per heavy atom. The van der Waals surface area contributed by atoms with Gasteiger partial charge in [0.1, 0.15) is 33.7 Å². The van der Waals surface area contributed by atoms with Crippen LogP contribution in [0.15, 0.2) is 109 Å². The van der Waals surface area contributed by atoms with Crippen molar-refractivity contribution in [1.82, 2.24) is 16.0 Å². The minimum Gasteiger partial charge on any atom is -0.481 e. The number of carbonyl (C=O) groups excluding carboxylic acids is 6. The minimum atomic E-state index is -2.94. The maximum atomic E-state index is 16.1. The van der Waals surface area contributed by atoms with Crippen LogP contribution in [-0.4, -0.2) is 109 Å². The average Bonchev–Trinajstić information content (AvgIpc) is 1.52. The lowest BCUT2D eigenvalue weighted by molar-refractivity contribution is -0.224. The van der Waals surface area contributed by atoms with Crippen molar-refractivity contribution in [2.24, 2.45) is 32.5 Å². The van der Waals surface area contributed by atoms with E-state index < -0.39 is 150 Å². The molecule has 24 rings (SSSR count). The molecule has 3 amide bonds. The Bertz CT molecular complexity index is 5550. The number of carboxylic acid groups (broad SMARTS) is 3. The molecular weight excluding hydrogens is 1740 g/mol. The summed E-state index contributed by atoms with van der Waals surface area (Å²) in [5.41, 5.74) is -5.90. The Morgan fingerprint density at radius 3 is 0.912 bits per heavy atom. The predicted octanol–water partition coefficient (Wildman–Crippen LogP) is 20.6. The third-order valence-electron chi connectivity index (χ3n) is 34.2. The SMILES string of the molecule is O=C(CC12CC(C(=O)O)(C1)C2)[C@@H]1NC2(CCCCC2)[C@@]2(C(=O)Nc3cc(Cl)ccc32)[C@H]1c1cccc(Cl)c1F.O=C(CC12CCC(C(=O)O)(CC1)CC2)[C@@H]1NC2(CCC(F)(F)CC2)[C@@]2(C(=O)Nc3cc(Cl)ccc32)[C@H]1c1cccc(Cl)c1F.O=C(CC12CCC(C(=O)O)(CC1)CC2)[C@@H]1NC2(CCCCC2)[C@@]2(C(=O)Nc3cc(Cl)ccc32)[C@H]1c1cccc(Cl)c1F. The van der Waals surface area contributed by atoms with Crippen LogP contribution < -0.4 is 31.9 Å². The van der Waals surface area contributed by atoms with Crippen LogP contribution in [0, 0.1) is 49.9 Å². The van der Waals surface area contributed by atoms with Crippen molar-refractivity contribution in [2.45, 2.75) is 280 Å². The highest BCUT2D eigenvalue weighted by Gasteiger charge is 2.78. The number of amides is 3. The summed E-state index contributed by atoms with van der Waals surface area (Å²) in [6.07, 6.45) is 16.1. The fraction of sp³-hybridized carbons (Fsp3) is 0.531. The van der Waals surface area contributed by atoms with Crippen LogP contribution in [0.3, 0.4) is 0 Å². The number of nitrogens with one attached hydrogen (secondary N) is 6. The standard InChI is InChI=1S/C33H33Cl2F3N2O4.C33H35Cl2FN2O4.C30H29Cl2FN2O4/c34-18-4-5-20-22(16-18)39-27(42)33(20)24(19-2-1-3-21(35)25(19)36)26(40-31(33)12-14-32(37,38)15-13-31)23(41)17-29-6-9-30(10-7-29,11-8-29)28(43)44;34-19-7-8-21-23(17-19)37-28(40)33(21)25(20-5-4-6-22(35)26(20)36)27(38-32(33)9-2-1-3-10-32)24(39)18-30-11-14-31(15-12-30,16-13-30)29(41)42;31-16-7-8-18-20(11-16)34-25(37)30(18)22(17-5-4-6-19(32)23(17)33)24(35-29(30)9-2-1-3-10-29)21(36)12-27-13-28(14-27,15-27)26(38)39/h1-5,16,24,26,40H,6-15,17H2,(H,39,42)(H,43,44);4-8,17,25,27,38H,1-3,9-16,18H2,(H,37,40)(H,41,42);4-8,11,22,24,35H,1-3,9-10,12-15H2,(H,34,37)(H,38,39)/t24-,26-,29?,30?,33+;25-,27-,30?,31?,33+;22-,24-,27?,28?,30+/m000/s1. The van der Waals surface area contributed by atoms with Crippen molar-refractivity contribution < 1.29 is 80.4 Å². The molecule has 0 radical (unpaired) electrons. The molecule has 0 aromatic heterocycles. The van der Waals surface area contributed by atoms with Gasteiger partial charge in [0.15, 0.2) is 17.3 Å². The van der Waals surface area contributed by atoms with Gasteiger partial charge >= 0.3 is 17.9 Å². The number of halogens is 11. The fourth-order valence-corrected chi connectivity index (χ4v) is 29.3. The van der Waals surface area contributed by atoms with Gasteiger partial charge in [0, 0.05) is 98.6 Å². The van der Waals surface area contributed by atoms with E-state index in [1.807, 2.05) is 12.1 Å². The summed E-state index contributed by atoms with van der Waals surface area (Å²) in [5.74, 6) is -11.4. The fourth-order valence-electron chi connectivity index (χ4n) is 28.2. The first kappa shape index (κ1) is 86.8. The van der Waals surface area contributed by atoms with Gasteiger partial charge in [0.05, 0.1) is 49.4 Å². The summed E-state index contributed by atoms with van der Waals surface area (Å²) in [5, 5.41) is 50.2. The number of carbonyl (C=O) groups is 9. The molecule has 29 heteroatoms. The van der Waals surface area contributed by atoms with E-state index in [9.17, 15) is 67.3 Å². The number of fused-ring (bicyclic) bond motifs is 15. The van der Waals surface area contributed by atoms with Crippen molar-refractivity contribution in [3.63, 3.8) is 0 Å². The molecule has 6 aromatic rings. The highest BCUT2D eigenvalue weighted by atomic mass is 35.5. The molecule has 18 nitrogen and oxygen atoms in total. The molecule has 6 bridgehead atoms. The Balaban J connectivity index is 0.000000123. The number of carboxylic acids is 3. The molecular formula is C96H97Cl6F5N6O12. The Labute approximate surface area is 749 Å². The third-order valence-corrected chi connectivity index (χ3v) is 35.8. The molecule has 6 heterocycles. The van der Waals surface area contributed by atoms with Gasteiger partial charge in [0.25, 0.3) is 0 Å². The second-order valence-corrected chi connectivity index (χ2v) is 42.6. The van der Waals surface area contributed by atoms with Crippen LogP contribution in [0.5, 0.6) is 0 Å². The first-order valence-electron chi connectivity index (χ1n) is 44.1. The summed E-state index contributed by atoms with van der Waals surface area (Å²) in [4.78, 5) is 123. The summed E-state index contributed by atoms with van der Waals surface area (Å²) in [7, 11) is 0. The maximum absolute atomic E-state index is 16.1. The number of benzene rings is 6. The van der Waals surface area contributed by atoms with E-state index in [0.29, 0.717) is 160 Å². The molecule has 6 aromatic carbocycles. The van der Waals surface area contributed by atoms with Crippen LogP contribution in [0.2, 0.25) is 30.1 Å². The summed E-state index contributed by atoms with van der Waals surface area (Å²) >= 11 is 37.9. The molecule has 0 unspecified atom stereocenters. The smallest absolute Gasteiger partial charge is 0.309 e. The second-order valence-electron chi connectivity index (χ2n) is 40.0. The van der Waals surface area contributed by atoms with Crippen molar-refractivity contribution in [3.8, 4) is 0 Å². The van der Waals surface area contributed by atoms with Gasteiger partial charge in [-0.15, -0.1) is 0 Å². The van der Waals surface area contributed by atoms with E-state index in [1.165, 1.54) is 24.3 Å². The first-order valence-corrected chi connectivity index (χ1v) is 46.3. The zero-order chi connectivity index (χ0) is 88.2. The van der Waals surface area contributed by atoms with E-state index in [4.69, 9.17) is 69.6 Å². The zero-order valence-electron chi connectivity index (χ0n) is 68.7. The number of hydrogen-bond acceptors (Lipinski definition) is 12. The Morgan fingerprint density at radius 2 is 0.624 bits per heavy atom. The van der Waals surface area contributed by atoms with Crippen molar-refractivity contribution in [3.05, 3.63) is 190 Å². The first-order chi connectivity index (χ1) is 59.4. The lowest BCUT2D eigenvalue weighted by Gasteiger charge is -2.68. The molecule has 15 fully saturated rings. The van der Waals surface area contributed by atoms with E-state index in [1.54, 1.807) is 72.8 Å². The van der Waals surface area contributed by atoms with E-state index in [-0.39, 0.29) is 104 Å². The molecule has 3 saturated heterocycles. The second kappa shape index (κ2) is 30.5. The van der Waals surface area contributed by atoms with Crippen molar-refractivity contribution in [1.29, 1.82) is 0 Å². The van der Waals surface area contributed by atoms with Gasteiger partial charge in [-0.3, -0.25) is 59.1 Å². The van der Waals surface area contributed by atoms with E-state index >= 15 is 13.2 Å². The summed E-state index contributed by atoms with van der Waals surface area (Å²) in [6, 6.07) is 26.9. The molecule has 125 heavy (non-hydrogen) atoms. The van der Waals surface area contributed by atoms with Crippen LogP contribution >= 0.6 is 69.6 Å². The minimum absolute atomic E-state index is 0.0406. The normalized spacial score (nSPS) is 34.8. The molecule has 9 N–H and O–H groups in total. The molecule has 6 aliphatic heterocycles. The lowest BCUT2D eigenvalue weighted by atomic mass is 9.34. The highest BCUT2D eigenvalue weighted by Crippen LogP contribution is 2.76. The summed E-state index contributed by atoms with van der Waals surface area (Å²) < 4.78 is 77.6. The van der Waals surface area contributed by atoms with Gasteiger partial charge in [0.2, 0.25) is 23.6 Å². The maximum Gasteiger partial charge on any atom is 0.309 e. The monoisotopic (exact) mass is 1830 g/mol. The zero-order valence-corrected chi connectivity index (χ0v) is 73.2. The third kappa shape index (κ3) is 12.8. The summed E-state index contributed by atoms with van der Waals surface area (Å²) in [6.45, 7) is 0. The number of Topliss-reactive ketones (excluding diaryl/α,β-unsaturated/α-hetero) is 3. The lowest BCUT2D eigenvalue weighted by Crippen LogP contribution is -2.66. The van der Waals surface area contributed by atoms with Gasteiger partial charge in [-0.1, -0.05) is 163 Å². The average molecular weight is 1830 g/mol. The van der Waals surface area contributed by atoms with E-state index in [0.717, 1.165) is 49.7 Å². The molecule has 9 atom stereocenters. The number of ketones is 3. The van der Waals surface area contributed by atoms with Crippen LogP contribution in [0.25, 0.3) is 0 Å². The number of alkyl halides is 2. The molecule has 12 saturated carbocycles. The highest BCUT2D eigenvalue weighted by molar-refractivity contribution is 6.33. The van der Waals surface area contributed by atoms with Gasteiger partial charge in [-0.25, -0.2) is 22.0 Å².